The standard InChI is InChI=1S/C16H16ClNO3/c1-9-8-13(19)14(17)10(2)15(9)18-16(20)11-4-6-12(21-3)7-5-11/h4-8,19H,1-3H3,(H,18,20). The molecule has 2 aromatic carbocycles. The number of phenolic OH excluding ortho intramolecular Hbond substituents is 1. The molecule has 5 heteroatoms. The van der Waals surface area contributed by atoms with Crippen LogP contribution in [0, 0.1) is 13.8 Å². The smallest absolute Gasteiger partial charge is 0.255 e. The number of amides is 1. The summed E-state index contributed by atoms with van der Waals surface area (Å²) in [5, 5.41) is 12.7. The van der Waals surface area contributed by atoms with Gasteiger partial charge in [0.25, 0.3) is 5.91 Å². The number of aryl methyl sites for hydroxylation is 1. The van der Waals surface area contributed by atoms with E-state index in [1.165, 1.54) is 6.07 Å². The second-order valence-corrected chi connectivity index (χ2v) is 5.09. The number of carbonyl (C=O) groups is 1. The maximum absolute atomic E-state index is 12.3. The molecule has 0 fully saturated rings. The Kier molecular flexibility index (Phi) is 4.38. The van der Waals surface area contributed by atoms with Crippen molar-refractivity contribution >= 4 is 23.2 Å². The lowest BCUT2D eigenvalue weighted by Crippen LogP contribution is -2.13. The Bertz CT molecular complexity index is 681. The highest BCUT2D eigenvalue weighted by Gasteiger charge is 2.14. The predicted octanol–water partition coefficient (Wildman–Crippen LogP) is 3.92. The number of phenols is 1. The van der Waals surface area contributed by atoms with Crippen LogP contribution in [0.3, 0.4) is 0 Å². The molecule has 0 aliphatic heterocycles. The average Bonchev–Trinajstić information content (AvgIpc) is 2.49. The van der Waals surface area contributed by atoms with Crippen LogP contribution in [0.4, 0.5) is 5.69 Å². The normalized spacial score (nSPS) is 10.3. The van der Waals surface area contributed by atoms with E-state index in [1.807, 2.05) is 0 Å². The third-order valence-corrected chi connectivity index (χ3v) is 3.74. The molecular formula is C16H16ClNO3. The molecule has 2 aromatic rings. The molecule has 0 radical (unpaired) electrons. The Morgan fingerprint density at radius 3 is 2.43 bits per heavy atom. The summed E-state index contributed by atoms with van der Waals surface area (Å²) in [5.41, 5.74) is 2.50. The lowest BCUT2D eigenvalue weighted by Gasteiger charge is -2.14. The fraction of sp³-hybridized carbons (Fsp3) is 0.188. The number of ether oxygens (including phenoxy) is 1. The Balaban J connectivity index is 2.29. The highest BCUT2D eigenvalue weighted by atomic mass is 35.5. The van der Waals surface area contributed by atoms with Gasteiger partial charge in [-0.3, -0.25) is 4.79 Å². The number of rotatable bonds is 3. The Morgan fingerprint density at radius 1 is 1.24 bits per heavy atom. The van der Waals surface area contributed by atoms with Crippen molar-refractivity contribution in [2.24, 2.45) is 0 Å². The van der Waals surface area contributed by atoms with Gasteiger partial charge >= 0.3 is 0 Å². The topological polar surface area (TPSA) is 58.6 Å². The summed E-state index contributed by atoms with van der Waals surface area (Å²) in [6.45, 7) is 3.55. The monoisotopic (exact) mass is 305 g/mol. The third-order valence-electron chi connectivity index (χ3n) is 3.27. The van der Waals surface area contributed by atoms with Gasteiger partial charge in [0.15, 0.2) is 0 Å². The number of carbonyl (C=O) groups excluding carboxylic acids is 1. The maximum Gasteiger partial charge on any atom is 0.255 e. The first-order valence-corrected chi connectivity index (χ1v) is 6.76. The maximum atomic E-state index is 12.3. The fourth-order valence-corrected chi connectivity index (χ4v) is 2.21. The minimum atomic E-state index is -0.245. The van der Waals surface area contributed by atoms with E-state index in [4.69, 9.17) is 16.3 Å². The van der Waals surface area contributed by atoms with Gasteiger partial charge in [-0.25, -0.2) is 0 Å². The molecule has 0 unspecified atom stereocenters. The molecule has 0 atom stereocenters. The molecule has 2 rings (SSSR count). The quantitative estimate of drug-likeness (QED) is 0.845. The van der Waals surface area contributed by atoms with Crippen LogP contribution in [0.15, 0.2) is 30.3 Å². The molecule has 21 heavy (non-hydrogen) atoms. The number of anilines is 1. The SMILES string of the molecule is COc1ccc(C(=O)Nc2c(C)cc(O)c(Cl)c2C)cc1. The first-order chi connectivity index (χ1) is 9.93. The van der Waals surface area contributed by atoms with Crippen molar-refractivity contribution in [3.05, 3.63) is 52.0 Å². The summed E-state index contributed by atoms with van der Waals surface area (Å²) in [6.07, 6.45) is 0. The summed E-state index contributed by atoms with van der Waals surface area (Å²) in [6, 6.07) is 8.33. The number of halogens is 1. The molecule has 0 saturated heterocycles. The summed E-state index contributed by atoms with van der Waals surface area (Å²) < 4.78 is 5.06. The minimum Gasteiger partial charge on any atom is -0.506 e. The van der Waals surface area contributed by atoms with E-state index in [9.17, 15) is 9.90 Å². The van der Waals surface area contributed by atoms with Gasteiger partial charge in [-0.05, 0) is 55.3 Å². The molecule has 0 aliphatic rings. The van der Waals surface area contributed by atoms with E-state index in [1.54, 1.807) is 45.2 Å². The molecule has 0 spiro atoms. The van der Waals surface area contributed by atoms with Crippen molar-refractivity contribution in [3.8, 4) is 11.5 Å². The van der Waals surface area contributed by atoms with E-state index in [0.717, 1.165) is 5.56 Å². The van der Waals surface area contributed by atoms with Gasteiger partial charge in [0.2, 0.25) is 0 Å². The summed E-state index contributed by atoms with van der Waals surface area (Å²) >= 11 is 6.01. The van der Waals surface area contributed by atoms with E-state index in [-0.39, 0.29) is 16.7 Å². The van der Waals surface area contributed by atoms with Gasteiger partial charge in [-0.15, -0.1) is 0 Å². The number of nitrogens with one attached hydrogen (secondary N) is 1. The van der Waals surface area contributed by atoms with Gasteiger partial charge < -0.3 is 15.2 Å². The molecule has 1 amide bonds. The molecule has 0 aliphatic carbocycles. The summed E-state index contributed by atoms with van der Waals surface area (Å²) in [5.74, 6) is 0.450. The largest absolute Gasteiger partial charge is 0.506 e. The minimum absolute atomic E-state index is 0.00844. The van der Waals surface area contributed by atoms with Gasteiger partial charge in [-0.1, -0.05) is 11.6 Å². The van der Waals surface area contributed by atoms with E-state index >= 15 is 0 Å². The van der Waals surface area contributed by atoms with Crippen LogP contribution in [0.5, 0.6) is 11.5 Å². The zero-order chi connectivity index (χ0) is 15.6. The van der Waals surface area contributed by atoms with E-state index in [2.05, 4.69) is 5.32 Å². The number of hydrogen-bond donors (Lipinski definition) is 2. The molecular weight excluding hydrogens is 290 g/mol. The number of hydrogen-bond acceptors (Lipinski definition) is 3. The van der Waals surface area contributed by atoms with E-state index < -0.39 is 0 Å². The van der Waals surface area contributed by atoms with E-state index in [0.29, 0.717) is 22.6 Å². The first-order valence-electron chi connectivity index (χ1n) is 6.38. The average molecular weight is 306 g/mol. The van der Waals surface area contributed by atoms with Crippen molar-refractivity contribution in [3.63, 3.8) is 0 Å². The van der Waals surface area contributed by atoms with Crippen LogP contribution in [0.1, 0.15) is 21.5 Å². The zero-order valence-corrected chi connectivity index (χ0v) is 12.8. The highest BCUT2D eigenvalue weighted by molar-refractivity contribution is 6.33. The summed E-state index contributed by atoms with van der Waals surface area (Å²) in [4.78, 5) is 12.3. The van der Waals surface area contributed by atoms with Crippen molar-refractivity contribution in [1.82, 2.24) is 0 Å². The van der Waals surface area contributed by atoms with Crippen LogP contribution in [0.2, 0.25) is 5.02 Å². The lowest BCUT2D eigenvalue weighted by molar-refractivity contribution is 0.102. The zero-order valence-electron chi connectivity index (χ0n) is 12.0. The first kappa shape index (κ1) is 15.2. The van der Waals surface area contributed by atoms with Crippen LogP contribution < -0.4 is 10.1 Å². The number of methoxy groups -OCH3 is 1. The van der Waals surface area contributed by atoms with Crippen LogP contribution in [0.25, 0.3) is 0 Å². The molecule has 4 nitrogen and oxygen atoms in total. The van der Waals surface area contributed by atoms with Gasteiger partial charge in [0, 0.05) is 11.3 Å². The van der Waals surface area contributed by atoms with Crippen molar-refractivity contribution in [1.29, 1.82) is 0 Å². The highest BCUT2D eigenvalue weighted by Crippen LogP contribution is 2.35. The van der Waals surface area contributed by atoms with Crippen LogP contribution >= 0.6 is 11.6 Å². The van der Waals surface area contributed by atoms with Crippen molar-refractivity contribution in [2.45, 2.75) is 13.8 Å². The Morgan fingerprint density at radius 2 is 1.86 bits per heavy atom. The van der Waals surface area contributed by atoms with Gasteiger partial charge in [0.1, 0.15) is 11.5 Å². The molecule has 0 bridgehead atoms. The van der Waals surface area contributed by atoms with Crippen LogP contribution in [-0.4, -0.2) is 18.1 Å². The Hall–Kier alpha value is -2.20. The lowest BCUT2D eigenvalue weighted by atomic mass is 10.1. The predicted molar refractivity (Wildman–Crippen MR) is 83.5 cm³/mol. The van der Waals surface area contributed by atoms with Crippen LogP contribution in [-0.2, 0) is 0 Å². The van der Waals surface area contributed by atoms with Crippen molar-refractivity contribution in [2.75, 3.05) is 12.4 Å². The molecule has 2 N–H and O–H groups in total. The second-order valence-electron chi connectivity index (χ2n) is 4.71. The van der Waals surface area contributed by atoms with Crippen molar-refractivity contribution < 1.29 is 14.6 Å². The Labute approximate surface area is 128 Å². The summed E-state index contributed by atoms with van der Waals surface area (Å²) in [7, 11) is 1.57. The molecule has 0 saturated carbocycles. The third kappa shape index (κ3) is 3.11. The molecule has 110 valence electrons. The second kappa shape index (κ2) is 6.06. The number of aromatic hydroxyl groups is 1. The van der Waals surface area contributed by atoms with Gasteiger partial charge in [-0.2, -0.15) is 0 Å². The molecule has 0 aromatic heterocycles. The fourth-order valence-electron chi connectivity index (χ4n) is 2.06. The number of benzene rings is 2. The van der Waals surface area contributed by atoms with Gasteiger partial charge in [0.05, 0.1) is 12.1 Å². The molecule has 0 heterocycles.